The molecule has 5 atom stereocenters. The topological polar surface area (TPSA) is 118 Å². The Morgan fingerprint density at radius 3 is 2.49 bits per heavy atom. The number of morpholine rings is 1. The summed E-state index contributed by atoms with van der Waals surface area (Å²) in [6.45, 7) is 5.13. The number of rotatable bonds is 8. The molecule has 1 saturated heterocycles. The smallest absolute Gasteiger partial charge is 0.340 e. The number of aliphatic carboxylic acids is 2. The van der Waals surface area contributed by atoms with E-state index in [0.29, 0.717) is 24.8 Å². The normalized spacial score (nSPS) is 28.7. The summed E-state index contributed by atoms with van der Waals surface area (Å²) in [4.78, 5) is 39.4. The first-order valence-electron chi connectivity index (χ1n) is 12.5. The summed E-state index contributed by atoms with van der Waals surface area (Å²) in [5.41, 5.74) is 1.43. The molecule has 9 heteroatoms. The van der Waals surface area contributed by atoms with E-state index in [2.05, 4.69) is 9.47 Å². The minimum absolute atomic E-state index is 0.294. The van der Waals surface area contributed by atoms with Crippen molar-refractivity contribution >= 4 is 28.8 Å². The Bertz CT molecular complexity index is 1110. The van der Waals surface area contributed by atoms with Gasteiger partial charge in [0.2, 0.25) is 0 Å². The number of aryl methyl sites for hydroxylation is 1. The van der Waals surface area contributed by atoms with Crippen LogP contribution in [0, 0.1) is 23.7 Å². The lowest BCUT2D eigenvalue weighted by molar-refractivity contribution is -0.174. The van der Waals surface area contributed by atoms with Gasteiger partial charge < -0.3 is 24.3 Å². The molecule has 1 aromatic heterocycles. The van der Waals surface area contributed by atoms with Crippen molar-refractivity contribution in [2.24, 2.45) is 23.7 Å². The first-order chi connectivity index (χ1) is 16.9. The predicted octanol–water partition coefficient (Wildman–Crippen LogP) is 2.72. The third-order valence-corrected chi connectivity index (χ3v) is 8.05. The maximum atomic E-state index is 13.3. The molecule has 4 aliphatic rings. The van der Waals surface area contributed by atoms with E-state index >= 15 is 0 Å². The summed E-state index contributed by atoms with van der Waals surface area (Å²) in [6.07, 6.45) is 3.81. The van der Waals surface area contributed by atoms with Gasteiger partial charge in [-0.15, -0.1) is 0 Å². The van der Waals surface area contributed by atoms with Crippen LogP contribution in [0.3, 0.4) is 0 Å². The Balaban J connectivity index is 1.31. The van der Waals surface area contributed by atoms with E-state index in [1.165, 1.54) is 0 Å². The van der Waals surface area contributed by atoms with Crippen molar-refractivity contribution in [1.82, 2.24) is 9.47 Å². The second kappa shape index (κ2) is 9.99. The maximum absolute atomic E-state index is 13.3. The van der Waals surface area contributed by atoms with Crippen molar-refractivity contribution in [3.63, 3.8) is 0 Å². The maximum Gasteiger partial charge on any atom is 0.340 e. The van der Waals surface area contributed by atoms with Crippen LogP contribution in [0.5, 0.6) is 0 Å². The summed E-state index contributed by atoms with van der Waals surface area (Å²) >= 11 is 0. The highest BCUT2D eigenvalue weighted by Crippen LogP contribution is 2.50. The number of fused-ring (bicyclic) bond motifs is 4. The van der Waals surface area contributed by atoms with Gasteiger partial charge in [-0.05, 0) is 37.7 Å². The van der Waals surface area contributed by atoms with E-state index in [-0.39, 0.29) is 5.92 Å². The highest BCUT2D eigenvalue weighted by Gasteiger charge is 2.55. The molecule has 2 N–H and O–H groups in total. The molecule has 2 bridgehead atoms. The van der Waals surface area contributed by atoms with Gasteiger partial charge in [0.05, 0.1) is 30.6 Å². The van der Waals surface area contributed by atoms with Crippen LogP contribution in [0.15, 0.2) is 30.5 Å². The summed E-state index contributed by atoms with van der Waals surface area (Å²) < 4.78 is 13.4. The van der Waals surface area contributed by atoms with Gasteiger partial charge in [-0.3, -0.25) is 14.5 Å². The zero-order chi connectivity index (χ0) is 24.5. The van der Waals surface area contributed by atoms with Gasteiger partial charge >= 0.3 is 17.9 Å². The standard InChI is InChI=1S/C26H32N2O7/c29-24(30)22-16-6-7-18(23(22)25(31)32)21(14-16)35-26(33)19-15-28(20-5-2-1-4-17(19)20)9-3-8-27-10-12-34-13-11-27/h1-2,4-5,15-16,18,21-23H,3,6-14H2,(H,29,30)(H,31,32). The number of hydrogen-bond donors (Lipinski definition) is 2. The van der Waals surface area contributed by atoms with Crippen LogP contribution in [0.1, 0.15) is 36.0 Å². The zero-order valence-electron chi connectivity index (χ0n) is 19.7. The van der Waals surface area contributed by atoms with Gasteiger partial charge in [-0.2, -0.15) is 0 Å². The molecule has 0 amide bonds. The van der Waals surface area contributed by atoms with Crippen molar-refractivity contribution in [3.05, 3.63) is 36.0 Å². The molecule has 2 aromatic rings. The molecular formula is C26H32N2O7. The average Bonchev–Trinajstić information content (AvgIpc) is 3.23. The van der Waals surface area contributed by atoms with E-state index < -0.39 is 41.8 Å². The van der Waals surface area contributed by atoms with Gasteiger partial charge in [0.15, 0.2) is 0 Å². The van der Waals surface area contributed by atoms with Crippen LogP contribution < -0.4 is 0 Å². The van der Waals surface area contributed by atoms with Gasteiger partial charge in [0.1, 0.15) is 6.10 Å². The van der Waals surface area contributed by atoms with Gasteiger partial charge in [-0.1, -0.05) is 18.2 Å². The fourth-order valence-corrected chi connectivity index (χ4v) is 6.39. The van der Waals surface area contributed by atoms with Crippen molar-refractivity contribution in [2.45, 2.75) is 38.3 Å². The second-order valence-electron chi connectivity index (χ2n) is 9.97. The predicted molar refractivity (Wildman–Crippen MR) is 126 cm³/mol. The summed E-state index contributed by atoms with van der Waals surface area (Å²) in [7, 11) is 0. The molecule has 5 unspecified atom stereocenters. The molecule has 6 rings (SSSR count). The van der Waals surface area contributed by atoms with E-state index in [9.17, 15) is 24.6 Å². The van der Waals surface area contributed by atoms with Crippen molar-refractivity contribution in [3.8, 4) is 0 Å². The zero-order valence-corrected chi connectivity index (χ0v) is 19.7. The van der Waals surface area contributed by atoms with Crippen molar-refractivity contribution in [1.29, 1.82) is 0 Å². The van der Waals surface area contributed by atoms with E-state index in [4.69, 9.17) is 9.47 Å². The van der Waals surface area contributed by atoms with E-state index in [0.717, 1.165) is 56.7 Å². The number of carbonyl (C=O) groups is 3. The second-order valence-corrected chi connectivity index (χ2v) is 9.97. The monoisotopic (exact) mass is 484 g/mol. The van der Waals surface area contributed by atoms with Gasteiger partial charge in [0, 0.05) is 49.2 Å². The van der Waals surface area contributed by atoms with Crippen LogP contribution in [0.25, 0.3) is 10.9 Å². The molecule has 0 radical (unpaired) electrons. The molecule has 35 heavy (non-hydrogen) atoms. The number of aromatic nitrogens is 1. The summed E-state index contributed by atoms with van der Waals surface area (Å²) in [5.74, 6) is -5.39. The Labute approximate surface area is 203 Å². The molecule has 1 aromatic carbocycles. The van der Waals surface area contributed by atoms with Crippen molar-refractivity contribution < 1.29 is 34.1 Å². The fraction of sp³-hybridized carbons (Fsp3) is 0.577. The lowest BCUT2D eigenvalue weighted by Gasteiger charge is -2.48. The first kappa shape index (κ1) is 23.8. The third-order valence-electron chi connectivity index (χ3n) is 8.05. The lowest BCUT2D eigenvalue weighted by Crippen LogP contribution is -2.54. The molecule has 3 saturated carbocycles. The number of carbonyl (C=O) groups excluding carboxylic acids is 1. The number of nitrogens with zero attached hydrogens (tertiary/aromatic N) is 2. The summed E-state index contributed by atoms with van der Waals surface area (Å²) in [5, 5.41) is 20.2. The minimum atomic E-state index is -1.12. The van der Waals surface area contributed by atoms with Crippen LogP contribution in [0.4, 0.5) is 0 Å². The quantitative estimate of drug-likeness (QED) is 0.549. The minimum Gasteiger partial charge on any atom is -0.481 e. The number of para-hydroxylation sites is 1. The molecule has 3 aliphatic carbocycles. The van der Waals surface area contributed by atoms with Gasteiger partial charge in [0.25, 0.3) is 0 Å². The fourth-order valence-electron chi connectivity index (χ4n) is 6.39. The first-order valence-corrected chi connectivity index (χ1v) is 12.5. The lowest BCUT2D eigenvalue weighted by atomic mass is 9.57. The number of benzene rings is 1. The number of carboxylic acid groups (broad SMARTS) is 2. The molecule has 188 valence electrons. The highest BCUT2D eigenvalue weighted by atomic mass is 16.5. The number of hydrogen-bond acceptors (Lipinski definition) is 6. The Hall–Kier alpha value is -2.91. The van der Waals surface area contributed by atoms with E-state index in [1.807, 2.05) is 30.5 Å². The van der Waals surface area contributed by atoms with Crippen LogP contribution in [0.2, 0.25) is 0 Å². The third kappa shape index (κ3) is 4.67. The number of esters is 1. The molecule has 1 aliphatic heterocycles. The number of ether oxygens (including phenoxy) is 2. The highest BCUT2D eigenvalue weighted by molar-refractivity contribution is 6.04. The molecular weight excluding hydrogens is 452 g/mol. The van der Waals surface area contributed by atoms with Crippen LogP contribution in [-0.4, -0.2) is 76.5 Å². The van der Waals surface area contributed by atoms with Crippen LogP contribution in [-0.2, 0) is 25.6 Å². The molecule has 9 nitrogen and oxygen atoms in total. The largest absolute Gasteiger partial charge is 0.481 e. The Morgan fingerprint density at radius 2 is 1.74 bits per heavy atom. The molecule has 2 heterocycles. The Morgan fingerprint density at radius 1 is 1.00 bits per heavy atom. The van der Waals surface area contributed by atoms with Crippen molar-refractivity contribution in [2.75, 3.05) is 32.8 Å². The molecule has 0 spiro atoms. The molecule has 4 fully saturated rings. The SMILES string of the molecule is O=C(OC1CC2CCC1C(C(=O)O)C2C(=O)O)c1cn(CCCN2CCOCC2)c2ccccc12. The van der Waals surface area contributed by atoms with Crippen LogP contribution >= 0.6 is 0 Å². The van der Waals surface area contributed by atoms with E-state index in [1.54, 1.807) is 0 Å². The van der Waals surface area contributed by atoms with Gasteiger partial charge in [-0.25, -0.2) is 4.79 Å². The Kier molecular flexibility index (Phi) is 6.80. The number of carboxylic acids is 2. The summed E-state index contributed by atoms with van der Waals surface area (Å²) in [6, 6.07) is 7.72. The average molecular weight is 485 g/mol.